The number of carbonyl (C=O) groups excluding carboxylic acids is 1. The largest absolute Gasteiger partial charge is 0.475 e. The van der Waals surface area contributed by atoms with Crippen LogP contribution in [0.3, 0.4) is 0 Å². The van der Waals surface area contributed by atoms with Crippen LogP contribution in [0.1, 0.15) is 65.4 Å². The van der Waals surface area contributed by atoms with E-state index in [1.54, 1.807) is 18.2 Å². The molecular weight excluding hydrogens is 763 g/mol. The van der Waals surface area contributed by atoms with Crippen molar-refractivity contribution >= 4 is 33.6 Å². The second kappa shape index (κ2) is 14.3. The van der Waals surface area contributed by atoms with Crippen molar-refractivity contribution in [3.05, 3.63) is 41.5 Å². The number of aromatic nitrogens is 3. The highest BCUT2D eigenvalue weighted by Crippen LogP contribution is 2.54. The molecule has 0 spiro atoms. The number of piperidine rings is 1. The van der Waals surface area contributed by atoms with Gasteiger partial charge < -0.3 is 33.7 Å². The topological polar surface area (TPSA) is 132 Å². The molecule has 5 fully saturated rings. The predicted octanol–water partition coefficient (Wildman–Crippen LogP) is 6.49. The molecule has 1 N–H and O–H groups in total. The van der Waals surface area contributed by atoms with Gasteiger partial charge in [0.25, 0.3) is 0 Å². The minimum atomic E-state index is -0.727. The molecule has 4 aliphatic heterocycles. The van der Waals surface area contributed by atoms with E-state index in [9.17, 15) is 9.90 Å². The molecule has 2 aliphatic carbocycles. The SMILES string of the molecule is CCc1c(F)ccc2cc(OCOC)cc(-c3nc4c5c(nc(OCC6(CN7C[C@H]8C[C@H]8[C@@H]7CO)CC6)nc5c3F)N3C[C@H]5CC[C@@H]([C@H]3CO4)N5C(=O)OC(C)(C)C)c12. The van der Waals surface area contributed by atoms with Crippen LogP contribution in [0, 0.1) is 28.9 Å². The highest BCUT2D eigenvalue weighted by molar-refractivity contribution is 6.03. The lowest BCUT2D eigenvalue weighted by Gasteiger charge is -2.46. The van der Waals surface area contributed by atoms with E-state index in [0.717, 1.165) is 38.8 Å². The lowest BCUT2D eigenvalue weighted by molar-refractivity contribution is 0.00537. The van der Waals surface area contributed by atoms with Crippen molar-refractivity contribution in [1.82, 2.24) is 24.8 Å². The third-order valence-electron chi connectivity index (χ3n) is 13.5. The van der Waals surface area contributed by atoms with Crippen LogP contribution in [0.5, 0.6) is 17.6 Å². The molecular formula is C44H52F2N6O7. The van der Waals surface area contributed by atoms with Crippen LogP contribution in [-0.4, -0.2) is 119 Å². The van der Waals surface area contributed by atoms with Crippen molar-refractivity contribution in [3.8, 4) is 28.9 Å². The number of hydrogen-bond acceptors (Lipinski definition) is 12. The van der Waals surface area contributed by atoms with Crippen molar-refractivity contribution in [2.24, 2.45) is 17.3 Å². The van der Waals surface area contributed by atoms with Gasteiger partial charge in [-0.3, -0.25) is 9.80 Å². The number of halogens is 2. The highest BCUT2D eigenvalue weighted by Gasteiger charge is 2.56. The van der Waals surface area contributed by atoms with Crippen LogP contribution in [0.2, 0.25) is 0 Å². The number of aliphatic hydroxyl groups excluding tert-OH is 1. The molecule has 6 heterocycles. The van der Waals surface area contributed by atoms with Gasteiger partial charge in [-0.05, 0) is 106 Å². The predicted molar refractivity (Wildman–Crippen MR) is 215 cm³/mol. The molecule has 314 valence electrons. The number of rotatable bonds is 11. The number of fused-ring (bicyclic) bond motifs is 7. The number of likely N-dealkylation sites (tertiary alicyclic amines) is 1. The molecule has 2 aromatic carbocycles. The molecule has 2 saturated carbocycles. The zero-order valence-corrected chi connectivity index (χ0v) is 34.3. The number of aryl methyl sites for hydroxylation is 1. The van der Waals surface area contributed by atoms with Crippen molar-refractivity contribution in [1.29, 1.82) is 0 Å². The monoisotopic (exact) mass is 814 g/mol. The quantitative estimate of drug-likeness (QED) is 0.166. The summed E-state index contributed by atoms with van der Waals surface area (Å²) in [6.45, 7) is 10.2. The summed E-state index contributed by atoms with van der Waals surface area (Å²) >= 11 is 0. The second-order valence-electron chi connectivity index (χ2n) is 18.5. The summed E-state index contributed by atoms with van der Waals surface area (Å²) in [5, 5.41) is 11.6. The van der Waals surface area contributed by atoms with Gasteiger partial charge in [-0.1, -0.05) is 13.0 Å². The first-order valence-electron chi connectivity index (χ1n) is 21.1. The number of benzene rings is 2. The van der Waals surface area contributed by atoms with Crippen LogP contribution in [0.25, 0.3) is 32.9 Å². The molecule has 0 radical (unpaired) electrons. The maximum absolute atomic E-state index is 17.7. The van der Waals surface area contributed by atoms with Crippen LogP contribution in [0.15, 0.2) is 24.3 Å². The Morgan fingerprint density at radius 1 is 1.05 bits per heavy atom. The van der Waals surface area contributed by atoms with Gasteiger partial charge in [0, 0.05) is 43.8 Å². The number of carbonyl (C=O) groups is 1. The lowest BCUT2D eigenvalue weighted by Crippen LogP contribution is -2.63. The number of hydrogen-bond donors (Lipinski definition) is 1. The van der Waals surface area contributed by atoms with E-state index >= 15 is 8.78 Å². The summed E-state index contributed by atoms with van der Waals surface area (Å²) in [7, 11) is 1.51. The minimum absolute atomic E-state index is 0.0248. The third kappa shape index (κ3) is 6.67. The van der Waals surface area contributed by atoms with E-state index in [2.05, 4.69) is 9.80 Å². The van der Waals surface area contributed by atoms with Crippen molar-refractivity contribution in [2.45, 2.75) is 96.0 Å². The Labute approximate surface area is 341 Å². The van der Waals surface area contributed by atoms with Crippen LogP contribution >= 0.6 is 0 Å². The second-order valence-corrected chi connectivity index (χ2v) is 18.5. The van der Waals surface area contributed by atoms with Crippen molar-refractivity contribution < 1.29 is 42.4 Å². The number of methoxy groups -OCH3 is 1. The number of piperazine rings is 1. The maximum Gasteiger partial charge on any atom is 0.410 e. The fraction of sp³-hybridized carbons (Fsp3) is 0.591. The average Bonchev–Trinajstić information content (AvgIpc) is 4.11. The molecule has 59 heavy (non-hydrogen) atoms. The zero-order valence-electron chi connectivity index (χ0n) is 34.3. The number of amides is 1. The molecule has 0 unspecified atom stereocenters. The van der Waals surface area contributed by atoms with Crippen molar-refractivity contribution in [3.63, 3.8) is 0 Å². The number of nitrogens with zero attached hydrogens (tertiary/aromatic N) is 6. The molecule has 6 aliphatic rings. The fourth-order valence-electron chi connectivity index (χ4n) is 10.4. The number of ether oxygens (including phenoxy) is 5. The average molecular weight is 815 g/mol. The summed E-state index contributed by atoms with van der Waals surface area (Å²) in [4.78, 5) is 34.7. The molecule has 3 saturated heterocycles. The molecule has 13 nitrogen and oxygen atoms in total. The molecule has 1 amide bonds. The Hall–Kier alpha value is -4.60. The summed E-state index contributed by atoms with van der Waals surface area (Å²) < 4.78 is 63.2. The normalized spacial score (nSPS) is 26.4. The Balaban J connectivity index is 1.09. The van der Waals surface area contributed by atoms with Gasteiger partial charge in [0.05, 0.1) is 31.3 Å². The standard InChI is InChI=1S/C44H52F2N6O7/c1-6-27-30(45)9-7-23-13-26(58-22-55-5)15-29(34(23)27)37-36(46)38-35-39(49-41(48-38)57-21-44(11-12-44)20-50-16-24-14-28(24)32(50)18-53)51-17-25-8-10-31(33(51)19-56-40(35)47-37)52(25)42(54)59-43(2,3)4/h7,9,13,15,24-25,28,31-33,53H,6,8,10-12,14,16-22H2,1-5H3/t24-,25-,28-,31+,32+,33-/m1/s1. The van der Waals surface area contributed by atoms with E-state index in [0.29, 0.717) is 70.3 Å². The van der Waals surface area contributed by atoms with Gasteiger partial charge in [-0.2, -0.15) is 9.97 Å². The molecule has 6 atom stereocenters. The van der Waals surface area contributed by atoms with Gasteiger partial charge in [-0.25, -0.2) is 18.6 Å². The molecule has 15 heteroatoms. The van der Waals surface area contributed by atoms with Gasteiger partial charge in [-0.15, -0.1) is 0 Å². The molecule has 2 bridgehead atoms. The van der Waals surface area contributed by atoms with Gasteiger partial charge in [0.1, 0.15) is 46.2 Å². The first-order valence-corrected chi connectivity index (χ1v) is 21.1. The van der Waals surface area contributed by atoms with E-state index in [-0.39, 0.29) is 78.8 Å². The Kier molecular flexibility index (Phi) is 9.33. The molecule has 4 aromatic rings. The fourth-order valence-corrected chi connectivity index (χ4v) is 10.4. The summed E-state index contributed by atoms with van der Waals surface area (Å²) in [6, 6.07) is 5.93. The third-order valence-corrected chi connectivity index (χ3v) is 13.5. The van der Waals surface area contributed by atoms with E-state index in [1.807, 2.05) is 32.6 Å². The summed E-state index contributed by atoms with van der Waals surface area (Å²) in [5.41, 5.74) is -0.146. The summed E-state index contributed by atoms with van der Waals surface area (Å²) in [6.07, 6.45) is 4.62. The van der Waals surface area contributed by atoms with Crippen LogP contribution < -0.4 is 19.1 Å². The Morgan fingerprint density at radius 3 is 2.63 bits per heavy atom. The van der Waals surface area contributed by atoms with E-state index in [4.69, 9.17) is 38.6 Å². The molecule has 10 rings (SSSR count). The van der Waals surface area contributed by atoms with Crippen LogP contribution in [0.4, 0.5) is 19.4 Å². The first kappa shape index (κ1) is 38.6. The van der Waals surface area contributed by atoms with Gasteiger partial charge >= 0.3 is 12.1 Å². The van der Waals surface area contributed by atoms with Gasteiger partial charge in [0.2, 0.25) is 5.88 Å². The zero-order chi connectivity index (χ0) is 41.0. The Morgan fingerprint density at radius 2 is 1.88 bits per heavy atom. The summed E-state index contributed by atoms with van der Waals surface area (Å²) in [5.74, 6) is 1.08. The van der Waals surface area contributed by atoms with Crippen molar-refractivity contribution in [2.75, 3.05) is 58.3 Å². The highest BCUT2D eigenvalue weighted by atomic mass is 19.1. The Bertz CT molecular complexity index is 2340. The lowest BCUT2D eigenvalue weighted by atomic mass is 9.94. The molecule has 2 aromatic heterocycles. The van der Waals surface area contributed by atoms with E-state index < -0.39 is 17.2 Å². The van der Waals surface area contributed by atoms with Crippen LogP contribution in [-0.2, 0) is 15.9 Å². The maximum atomic E-state index is 17.7. The number of pyridine rings is 1. The first-order chi connectivity index (χ1) is 28.4. The number of aliphatic hydroxyl groups is 1. The number of anilines is 1. The van der Waals surface area contributed by atoms with E-state index in [1.165, 1.54) is 19.6 Å². The van der Waals surface area contributed by atoms with Gasteiger partial charge in [0.15, 0.2) is 12.6 Å². The smallest absolute Gasteiger partial charge is 0.410 e. The minimum Gasteiger partial charge on any atom is -0.475 e.